The molecule has 0 bridgehead atoms. The lowest BCUT2D eigenvalue weighted by molar-refractivity contribution is -0.384. The van der Waals surface area contributed by atoms with Gasteiger partial charge in [0.15, 0.2) is 0 Å². The topological polar surface area (TPSA) is 83.7 Å². The van der Waals surface area contributed by atoms with Crippen molar-refractivity contribution in [2.45, 2.75) is 19.3 Å². The fourth-order valence-corrected chi connectivity index (χ4v) is 3.50. The summed E-state index contributed by atoms with van der Waals surface area (Å²) in [4.78, 5) is 23.7. The van der Waals surface area contributed by atoms with E-state index in [0.29, 0.717) is 17.5 Å². The summed E-state index contributed by atoms with van der Waals surface area (Å²) in [5.41, 5.74) is 0.402. The summed E-state index contributed by atoms with van der Waals surface area (Å²) in [6.45, 7) is 1.69. The lowest BCUT2D eigenvalue weighted by Crippen LogP contribution is -2.22. The van der Waals surface area contributed by atoms with Crippen LogP contribution in [0.25, 0.3) is 0 Å². The number of carbonyl (C=O) groups is 1. The van der Waals surface area contributed by atoms with Gasteiger partial charge in [0.2, 0.25) is 0 Å². The Morgan fingerprint density at radius 3 is 2.50 bits per heavy atom. The van der Waals surface area contributed by atoms with Gasteiger partial charge in [-0.3, -0.25) is 10.1 Å². The first kappa shape index (κ1) is 12.9. The Balaban J connectivity index is 1.93. The van der Waals surface area contributed by atoms with Crippen molar-refractivity contribution in [2.24, 2.45) is 11.8 Å². The van der Waals surface area contributed by atoms with Crippen molar-refractivity contribution >= 4 is 17.3 Å². The zero-order valence-corrected chi connectivity index (χ0v) is 11.0. The molecule has 0 aromatic heterocycles. The van der Waals surface area contributed by atoms with E-state index < -0.39 is 10.9 Å². The maximum absolute atomic E-state index is 11.2. The van der Waals surface area contributed by atoms with Gasteiger partial charge in [-0.05, 0) is 36.8 Å². The number of rotatable bonds is 3. The second-order valence-electron chi connectivity index (χ2n) is 5.62. The average molecular weight is 276 g/mol. The molecular weight excluding hydrogens is 260 g/mol. The molecule has 1 aromatic rings. The standard InChI is InChI=1S/C14H16N2O4/c17-14(18)9-4-5-12(13(6-9)16(19)20)15-7-10-2-1-3-11(10)8-15/h4-6,10-11H,1-3,7-8H2,(H,17,18). The van der Waals surface area contributed by atoms with E-state index in [1.807, 2.05) is 4.90 Å². The summed E-state index contributed by atoms with van der Waals surface area (Å²) in [6, 6.07) is 4.17. The molecule has 1 aliphatic carbocycles. The van der Waals surface area contributed by atoms with E-state index in [2.05, 4.69) is 0 Å². The highest BCUT2D eigenvalue weighted by molar-refractivity contribution is 5.89. The summed E-state index contributed by atoms with van der Waals surface area (Å²) in [5, 5.41) is 20.1. The fourth-order valence-electron chi connectivity index (χ4n) is 3.50. The van der Waals surface area contributed by atoms with E-state index in [9.17, 15) is 14.9 Å². The Bertz CT molecular complexity index is 560. The van der Waals surface area contributed by atoms with E-state index in [1.165, 1.54) is 25.3 Å². The van der Waals surface area contributed by atoms with Gasteiger partial charge < -0.3 is 10.0 Å². The van der Waals surface area contributed by atoms with Crippen LogP contribution in [0.3, 0.4) is 0 Å². The van der Waals surface area contributed by atoms with Crippen LogP contribution in [0.1, 0.15) is 29.6 Å². The predicted octanol–water partition coefficient (Wildman–Crippen LogP) is 2.53. The van der Waals surface area contributed by atoms with Gasteiger partial charge >= 0.3 is 5.97 Å². The fraction of sp³-hybridized carbons (Fsp3) is 0.500. The average Bonchev–Trinajstić information content (AvgIpc) is 2.98. The van der Waals surface area contributed by atoms with Gasteiger partial charge in [0.25, 0.3) is 5.69 Å². The third-order valence-electron chi connectivity index (χ3n) is 4.49. The summed E-state index contributed by atoms with van der Waals surface area (Å²) in [7, 11) is 0. The Labute approximate surface area is 116 Å². The number of nitro groups is 1. The molecule has 1 saturated heterocycles. The van der Waals surface area contributed by atoms with Gasteiger partial charge in [-0.15, -0.1) is 0 Å². The number of hydrogen-bond acceptors (Lipinski definition) is 4. The van der Waals surface area contributed by atoms with Crippen molar-refractivity contribution in [3.05, 3.63) is 33.9 Å². The molecule has 0 spiro atoms. The Morgan fingerprint density at radius 1 is 1.30 bits per heavy atom. The first-order valence-corrected chi connectivity index (χ1v) is 6.83. The Kier molecular flexibility index (Phi) is 3.08. The summed E-state index contributed by atoms with van der Waals surface area (Å²) >= 11 is 0. The third-order valence-corrected chi connectivity index (χ3v) is 4.49. The highest BCUT2D eigenvalue weighted by Gasteiger charge is 2.38. The predicted molar refractivity (Wildman–Crippen MR) is 73.1 cm³/mol. The largest absolute Gasteiger partial charge is 0.478 e. The molecule has 1 aromatic carbocycles. The number of carboxylic acid groups (broad SMARTS) is 1. The Morgan fingerprint density at radius 2 is 1.95 bits per heavy atom. The van der Waals surface area contributed by atoms with Gasteiger partial charge in [-0.25, -0.2) is 4.79 Å². The highest BCUT2D eigenvalue weighted by Crippen LogP contribution is 2.41. The van der Waals surface area contributed by atoms with Crippen molar-refractivity contribution in [2.75, 3.05) is 18.0 Å². The number of hydrogen-bond donors (Lipinski definition) is 1. The van der Waals surface area contributed by atoms with Crippen LogP contribution < -0.4 is 4.90 Å². The maximum atomic E-state index is 11.2. The van der Waals surface area contributed by atoms with Crippen molar-refractivity contribution in [3.8, 4) is 0 Å². The normalized spacial score (nSPS) is 24.7. The quantitative estimate of drug-likeness (QED) is 0.677. The maximum Gasteiger partial charge on any atom is 0.335 e. The minimum atomic E-state index is -1.14. The summed E-state index contributed by atoms with van der Waals surface area (Å²) in [6.07, 6.45) is 3.65. The third kappa shape index (κ3) is 2.11. The molecule has 1 aliphatic heterocycles. The van der Waals surface area contributed by atoms with E-state index in [1.54, 1.807) is 6.07 Å². The van der Waals surface area contributed by atoms with Crippen molar-refractivity contribution < 1.29 is 14.8 Å². The van der Waals surface area contributed by atoms with E-state index >= 15 is 0 Å². The van der Waals surface area contributed by atoms with Gasteiger partial charge in [-0.2, -0.15) is 0 Å². The second-order valence-corrected chi connectivity index (χ2v) is 5.62. The molecule has 2 unspecified atom stereocenters. The summed E-state index contributed by atoms with van der Waals surface area (Å²) in [5.74, 6) is 0.125. The van der Waals surface area contributed by atoms with Crippen LogP contribution in [0.4, 0.5) is 11.4 Å². The summed E-state index contributed by atoms with van der Waals surface area (Å²) < 4.78 is 0. The minimum absolute atomic E-state index is 0.0418. The highest BCUT2D eigenvalue weighted by atomic mass is 16.6. The number of carboxylic acids is 1. The van der Waals surface area contributed by atoms with Gasteiger partial charge in [-0.1, -0.05) is 6.42 Å². The lowest BCUT2D eigenvalue weighted by Gasteiger charge is -2.19. The molecule has 0 radical (unpaired) electrons. The van der Waals surface area contributed by atoms with Crippen LogP contribution in [0, 0.1) is 22.0 Å². The number of anilines is 1. The molecule has 0 amide bonds. The Hall–Kier alpha value is -2.11. The van der Waals surface area contributed by atoms with Crippen molar-refractivity contribution in [1.29, 1.82) is 0 Å². The van der Waals surface area contributed by atoms with Gasteiger partial charge in [0.05, 0.1) is 10.5 Å². The molecule has 20 heavy (non-hydrogen) atoms. The van der Waals surface area contributed by atoms with E-state index in [4.69, 9.17) is 5.11 Å². The van der Waals surface area contributed by atoms with Crippen LogP contribution >= 0.6 is 0 Å². The SMILES string of the molecule is O=C(O)c1ccc(N2CC3CCCC3C2)c([N+](=O)[O-])c1. The lowest BCUT2D eigenvalue weighted by atomic mass is 10.0. The first-order valence-electron chi connectivity index (χ1n) is 6.83. The van der Waals surface area contributed by atoms with E-state index in [0.717, 1.165) is 19.2 Å². The van der Waals surface area contributed by atoms with Crippen LogP contribution in [0.2, 0.25) is 0 Å². The monoisotopic (exact) mass is 276 g/mol. The van der Waals surface area contributed by atoms with Gasteiger partial charge in [0, 0.05) is 19.2 Å². The molecule has 6 nitrogen and oxygen atoms in total. The molecule has 1 saturated carbocycles. The number of aromatic carboxylic acids is 1. The number of benzene rings is 1. The first-order chi connectivity index (χ1) is 9.56. The molecule has 2 fully saturated rings. The molecular formula is C14H16N2O4. The molecule has 2 aliphatic rings. The van der Waals surface area contributed by atoms with Gasteiger partial charge in [0.1, 0.15) is 5.69 Å². The number of nitro benzene ring substituents is 1. The number of fused-ring (bicyclic) bond motifs is 1. The molecule has 6 heteroatoms. The van der Waals surface area contributed by atoms with Crippen LogP contribution in [-0.2, 0) is 0 Å². The molecule has 1 N–H and O–H groups in total. The number of nitrogens with zero attached hydrogens (tertiary/aromatic N) is 2. The van der Waals surface area contributed by atoms with Crippen LogP contribution in [0.15, 0.2) is 18.2 Å². The smallest absolute Gasteiger partial charge is 0.335 e. The van der Waals surface area contributed by atoms with Crippen LogP contribution in [0.5, 0.6) is 0 Å². The minimum Gasteiger partial charge on any atom is -0.478 e. The van der Waals surface area contributed by atoms with Crippen molar-refractivity contribution in [1.82, 2.24) is 0 Å². The van der Waals surface area contributed by atoms with Crippen molar-refractivity contribution in [3.63, 3.8) is 0 Å². The molecule has 3 rings (SSSR count). The van der Waals surface area contributed by atoms with Crippen LogP contribution in [-0.4, -0.2) is 29.1 Å². The molecule has 1 heterocycles. The zero-order chi connectivity index (χ0) is 14.3. The molecule has 2 atom stereocenters. The zero-order valence-electron chi connectivity index (χ0n) is 11.0. The molecule has 106 valence electrons. The van der Waals surface area contributed by atoms with E-state index in [-0.39, 0.29) is 11.3 Å². The second kappa shape index (κ2) is 4.77.